The average Bonchev–Trinajstić information content (AvgIpc) is 3.28. The zero-order valence-corrected chi connectivity index (χ0v) is 13.2. The molecular weight excluding hydrogens is 300 g/mol. The van der Waals surface area contributed by atoms with Crippen LogP contribution in [0.5, 0.6) is 5.75 Å². The van der Waals surface area contributed by atoms with Crippen molar-refractivity contribution in [2.24, 2.45) is 0 Å². The maximum Gasteiger partial charge on any atom is 0.256 e. The molecular formula is C15H20N4O4. The van der Waals surface area contributed by atoms with Crippen molar-refractivity contribution in [2.75, 3.05) is 13.2 Å². The standard InChI is InChI=1S/C15H20N4O4/c1-3-12-11(7-22-18-12)15(20)17-13-8-21-9-14(13)23-10-5-16-19(4-2)6-10/h5-7,13-14H,3-4,8-9H2,1-2H3,(H,17,20)/t13-,14+/m0/s1. The molecule has 0 spiro atoms. The van der Waals surface area contributed by atoms with Gasteiger partial charge in [0.05, 0.1) is 37.3 Å². The first kappa shape index (κ1) is 15.5. The lowest BCUT2D eigenvalue weighted by Crippen LogP contribution is -2.45. The van der Waals surface area contributed by atoms with Crippen LogP contribution in [0.2, 0.25) is 0 Å². The van der Waals surface area contributed by atoms with Crippen molar-refractivity contribution in [1.82, 2.24) is 20.3 Å². The van der Waals surface area contributed by atoms with Gasteiger partial charge in [0.15, 0.2) is 5.75 Å². The number of aryl methyl sites for hydroxylation is 2. The van der Waals surface area contributed by atoms with Crippen LogP contribution < -0.4 is 10.1 Å². The number of amides is 1. The van der Waals surface area contributed by atoms with Crippen LogP contribution in [0.1, 0.15) is 29.9 Å². The summed E-state index contributed by atoms with van der Waals surface area (Å²) in [5.41, 5.74) is 1.10. The van der Waals surface area contributed by atoms with Gasteiger partial charge in [-0.1, -0.05) is 12.1 Å². The van der Waals surface area contributed by atoms with Gasteiger partial charge in [0.2, 0.25) is 0 Å². The van der Waals surface area contributed by atoms with Gasteiger partial charge in [-0.05, 0) is 13.3 Å². The van der Waals surface area contributed by atoms with Crippen LogP contribution in [-0.2, 0) is 17.7 Å². The third kappa shape index (κ3) is 3.37. The molecule has 0 radical (unpaired) electrons. The maximum atomic E-state index is 12.4. The van der Waals surface area contributed by atoms with Crippen LogP contribution in [0.15, 0.2) is 23.2 Å². The van der Waals surface area contributed by atoms with Crippen molar-refractivity contribution in [3.8, 4) is 5.75 Å². The molecule has 1 saturated heterocycles. The van der Waals surface area contributed by atoms with Gasteiger partial charge in [0.1, 0.15) is 17.9 Å². The van der Waals surface area contributed by atoms with Crippen LogP contribution in [0.25, 0.3) is 0 Å². The number of rotatable bonds is 6. The lowest BCUT2D eigenvalue weighted by atomic mass is 10.1. The van der Waals surface area contributed by atoms with E-state index in [1.165, 1.54) is 6.26 Å². The summed E-state index contributed by atoms with van der Waals surface area (Å²) in [5.74, 6) is 0.442. The quantitative estimate of drug-likeness (QED) is 0.855. The Morgan fingerprint density at radius 1 is 1.48 bits per heavy atom. The first-order valence-electron chi connectivity index (χ1n) is 7.72. The van der Waals surface area contributed by atoms with Crippen LogP contribution in [0.4, 0.5) is 0 Å². The minimum atomic E-state index is -0.251. The minimum absolute atomic E-state index is 0.226. The predicted octanol–water partition coefficient (Wildman–Crippen LogP) is 1.03. The van der Waals surface area contributed by atoms with E-state index in [9.17, 15) is 4.79 Å². The highest BCUT2D eigenvalue weighted by molar-refractivity contribution is 5.95. The molecule has 1 aliphatic rings. The van der Waals surface area contributed by atoms with Crippen LogP contribution in [0.3, 0.4) is 0 Å². The van der Waals surface area contributed by atoms with Crippen molar-refractivity contribution >= 4 is 5.91 Å². The maximum absolute atomic E-state index is 12.4. The molecule has 2 aromatic rings. The Hall–Kier alpha value is -2.35. The zero-order chi connectivity index (χ0) is 16.2. The molecule has 1 amide bonds. The third-order valence-corrected chi connectivity index (χ3v) is 3.79. The topological polar surface area (TPSA) is 91.4 Å². The second kappa shape index (κ2) is 6.82. The lowest BCUT2D eigenvalue weighted by molar-refractivity contribution is 0.0902. The molecule has 2 aromatic heterocycles. The van der Waals surface area contributed by atoms with E-state index in [1.807, 2.05) is 20.0 Å². The van der Waals surface area contributed by atoms with E-state index < -0.39 is 0 Å². The number of carbonyl (C=O) groups is 1. The fraction of sp³-hybridized carbons (Fsp3) is 0.533. The Labute approximate surface area is 133 Å². The van der Waals surface area contributed by atoms with Crippen molar-refractivity contribution in [2.45, 2.75) is 39.0 Å². The largest absolute Gasteiger partial charge is 0.482 e. The van der Waals surface area contributed by atoms with Gasteiger partial charge in [-0.25, -0.2) is 0 Å². The molecule has 1 fully saturated rings. The number of carbonyl (C=O) groups excluding carboxylic acids is 1. The van der Waals surface area contributed by atoms with Crippen molar-refractivity contribution in [1.29, 1.82) is 0 Å². The first-order chi connectivity index (χ1) is 11.2. The predicted molar refractivity (Wildman–Crippen MR) is 80.3 cm³/mol. The summed E-state index contributed by atoms with van der Waals surface area (Å²) in [7, 11) is 0. The molecule has 23 heavy (non-hydrogen) atoms. The van der Waals surface area contributed by atoms with E-state index in [1.54, 1.807) is 10.9 Å². The Bertz CT molecular complexity index is 666. The van der Waals surface area contributed by atoms with Crippen molar-refractivity contribution in [3.05, 3.63) is 29.9 Å². The van der Waals surface area contributed by atoms with Gasteiger partial charge < -0.3 is 19.3 Å². The molecule has 124 valence electrons. The smallest absolute Gasteiger partial charge is 0.256 e. The summed E-state index contributed by atoms with van der Waals surface area (Å²) in [5, 5.41) is 10.9. The molecule has 8 heteroatoms. The molecule has 3 rings (SSSR count). The third-order valence-electron chi connectivity index (χ3n) is 3.79. The highest BCUT2D eigenvalue weighted by Gasteiger charge is 2.32. The van der Waals surface area contributed by atoms with E-state index in [4.69, 9.17) is 14.0 Å². The molecule has 0 aromatic carbocycles. The van der Waals surface area contributed by atoms with E-state index in [0.29, 0.717) is 36.6 Å². The molecule has 3 heterocycles. The molecule has 0 bridgehead atoms. The monoisotopic (exact) mass is 320 g/mol. The highest BCUT2D eigenvalue weighted by Crippen LogP contribution is 2.17. The number of hydrogen-bond acceptors (Lipinski definition) is 6. The van der Waals surface area contributed by atoms with E-state index in [0.717, 1.165) is 6.54 Å². The number of nitrogens with zero attached hydrogens (tertiary/aromatic N) is 3. The summed E-state index contributed by atoms with van der Waals surface area (Å²) in [6.45, 7) is 5.53. The van der Waals surface area contributed by atoms with Crippen LogP contribution in [0, 0.1) is 0 Å². The van der Waals surface area contributed by atoms with Gasteiger partial charge in [-0.15, -0.1) is 0 Å². The van der Waals surface area contributed by atoms with Crippen molar-refractivity contribution < 1.29 is 18.8 Å². The number of aromatic nitrogens is 3. The molecule has 0 unspecified atom stereocenters. The molecule has 1 N–H and O–H groups in total. The van der Waals surface area contributed by atoms with E-state index in [-0.39, 0.29) is 18.1 Å². The SMILES string of the molecule is CCc1nocc1C(=O)N[C@H]1COC[C@H]1Oc1cnn(CC)c1. The fourth-order valence-electron chi connectivity index (χ4n) is 2.48. The van der Waals surface area contributed by atoms with Crippen LogP contribution >= 0.6 is 0 Å². The summed E-state index contributed by atoms with van der Waals surface area (Å²) < 4.78 is 18.0. The lowest BCUT2D eigenvalue weighted by Gasteiger charge is -2.19. The second-order valence-corrected chi connectivity index (χ2v) is 5.33. The average molecular weight is 320 g/mol. The number of hydrogen-bond donors (Lipinski definition) is 1. The Morgan fingerprint density at radius 3 is 3.09 bits per heavy atom. The summed E-state index contributed by atoms with van der Waals surface area (Å²) >= 11 is 0. The van der Waals surface area contributed by atoms with Crippen molar-refractivity contribution in [3.63, 3.8) is 0 Å². The molecule has 2 atom stereocenters. The molecule has 0 saturated carbocycles. The summed E-state index contributed by atoms with van der Waals surface area (Å²) in [4.78, 5) is 12.4. The highest BCUT2D eigenvalue weighted by atomic mass is 16.5. The van der Waals surface area contributed by atoms with Gasteiger partial charge in [0.25, 0.3) is 5.91 Å². The van der Waals surface area contributed by atoms with Gasteiger partial charge >= 0.3 is 0 Å². The second-order valence-electron chi connectivity index (χ2n) is 5.33. The Kier molecular flexibility index (Phi) is 4.61. The van der Waals surface area contributed by atoms with Gasteiger partial charge in [0, 0.05) is 6.54 Å². The van der Waals surface area contributed by atoms with E-state index in [2.05, 4.69) is 15.6 Å². The van der Waals surface area contributed by atoms with E-state index >= 15 is 0 Å². The summed E-state index contributed by atoms with van der Waals surface area (Å²) in [6.07, 6.45) is 5.24. The number of ether oxygens (including phenoxy) is 2. The summed E-state index contributed by atoms with van der Waals surface area (Å²) in [6, 6.07) is -0.230. The first-order valence-corrected chi connectivity index (χ1v) is 7.72. The molecule has 8 nitrogen and oxygen atoms in total. The molecule has 0 aliphatic carbocycles. The number of nitrogens with one attached hydrogen (secondary N) is 1. The minimum Gasteiger partial charge on any atom is -0.482 e. The Balaban J connectivity index is 1.63. The normalized spacial score (nSPS) is 20.6. The van der Waals surface area contributed by atoms with Crippen LogP contribution in [-0.4, -0.2) is 46.2 Å². The van der Waals surface area contributed by atoms with Gasteiger partial charge in [-0.3, -0.25) is 9.48 Å². The van der Waals surface area contributed by atoms with Gasteiger partial charge in [-0.2, -0.15) is 5.10 Å². The Morgan fingerprint density at radius 2 is 2.35 bits per heavy atom. The zero-order valence-electron chi connectivity index (χ0n) is 13.2. The fourth-order valence-corrected chi connectivity index (χ4v) is 2.48. The molecule has 1 aliphatic heterocycles.